The van der Waals surface area contributed by atoms with Gasteiger partial charge in [-0.2, -0.15) is 4.39 Å². The van der Waals surface area contributed by atoms with E-state index in [1.165, 1.54) is 0 Å². The van der Waals surface area contributed by atoms with Gasteiger partial charge in [-0.1, -0.05) is 0 Å². The smallest absolute Gasteiger partial charge is 0.255 e. The quantitative estimate of drug-likeness (QED) is 0.483. The van der Waals surface area contributed by atoms with Gasteiger partial charge in [0.2, 0.25) is 5.95 Å². The van der Waals surface area contributed by atoms with Gasteiger partial charge in [-0.05, 0) is 17.7 Å². The summed E-state index contributed by atoms with van der Waals surface area (Å²) in [4.78, 5) is 13.3. The van der Waals surface area contributed by atoms with Crippen molar-refractivity contribution in [1.29, 1.82) is 0 Å². The molecule has 0 saturated heterocycles. The van der Waals surface area contributed by atoms with Gasteiger partial charge in [0.15, 0.2) is 5.82 Å². The molecule has 0 atom stereocenters. The second kappa shape index (κ2) is 2.92. The van der Waals surface area contributed by atoms with Crippen LogP contribution in [-0.2, 0) is 0 Å². The SMILES string of the molecule is O=C(Cl)c1ccnc(F)c1F. The van der Waals surface area contributed by atoms with Crippen LogP contribution in [0.15, 0.2) is 12.3 Å². The highest BCUT2D eigenvalue weighted by Gasteiger charge is 2.13. The zero-order chi connectivity index (χ0) is 8.43. The number of hydrogen-bond donors (Lipinski definition) is 0. The van der Waals surface area contributed by atoms with Gasteiger partial charge in [-0.3, -0.25) is 4.79 Å². The predicted octanol–water partition coefficient (Wildman–Crippen LogP) is 1.74. The van der Waals surface area contributed by atoms with Crippen LogP contribution in [0, 0.1) is 11.8 Å². The minimum atomic E-state index is -1.32. The molecule has 1 aromatic rings. The molecule has 0 aliphatic heterocycles. The van der Waals surface area contributed by atoms with Crippen molar-refractivity contribution in [2.75, 3.05) is 0 Å². The van der Waals surface area contributed by atoms with Crippen molar-refractivity contribution >= 4 is 16.8 Å². The Labute approximate surface area is 65.8 Å². The highest BCUT2D eigenvalue weighted by atomic mass is 35.5. The highest BCUT2D eigenvalue weighted by Crippen LogP contribution is 2.10. The monoisotopic (exact) mass is 177 g/mol. The topological polar surface area (TPSA) is 30.0 Å². The van der Waals surface area contributed by atoms with E-state index in [2.05, 4.69) is 4.98 Å². The van der Waals surface area contributed by atoms with Gasteiger partial charge in [0.05, 0.1) is 5.56 Å². The van der Waals surface area contributed by atoms with Crippen molar-refractivity contribution in [1.82, 2.24) is 4.98 Å². The molecule has 0 aliphatic carbocycles. The highest BCUT2D eigenvalue weighted by molar-refractivity contribution is 6.67. The maximum atomic E-state index is 12.5. The first-order valence-electron chi connectivity index (χ1n) is 2.62. The second-order valence-corrected chi connectivity index (χ2v) is 2.08. The Bertz CT molecular complexity index is 303. The summed E-state index contributed by atoms with van der Waals surface area (Å²) in [5.74, 6) is -2.64. The molecule has 0 saturated carbocycles. The van der Waals surface area contributed by atoms with Crippen molar-refractivity contribution in [2.45, 2.75) is 0 Å². The van der Waals surface area contributed by atoms with Crippen LogP contribution >= 0.6 is 11.6 Å². The Hall–Kier alpha value is -1.03. The van der Waals surface area contributed by atoms with E-state index in [-0.39, 0.29) is 0 Å². The minimum absolute atomic E-state index is 0.501. The lowest BCUT2D eigenvalue weighted by molar-refractivity contribution is 0.107. The van der Waals surface area contributed by atoms with E-state index in [0.29, 0.717) is 0 Å². The Morgan fingerprint density at radius 3 is 2.64 bits per heavy atom. The molecule has 0 aliphatic rings. The largest absolute Gasteiger partial charge is 0.275 e. The van der Waals surface area contributed by atoms with E-state index in [1.54, 1.807) is 0 Å². The van der Waals surface area contributed by atoms with E-state index in [0.717, 1.165) is 12.3 Å². The van der Waals surface area contributed by atoms with E-state index in [9.17, 15) is 13.6 Å². The van der Waals surface area contributed by atoms with Crippen molar-refractivity contribution in [3.63, 3.8) is 0 Å². The van der Waals surface area contributed by atoms with E-state index < -0.39 is 22.6 Å². The van der Waals surface area contributed by atoms with Crippen LogP contribution in [0.1, 0.15) is 10.4 Å². The van der Waals surface area contributed by atoms with Gasteiger partial charge in [-0.15, -0.1) is 0 Å². The molecule has 0 aromatic carbocycles. The normalized spacial score (nSPS) is 9.73. The fourth-order valence-electron chi connectivity index (χ4n) is 0.570. The van der Waals surface area contributed by atoms with Crippen LogP contribution in [0.5, 0.6) is 0 Å². The van der Waals surface area contributed by atoms with Crippen LogP contribution < -0.4 is 0 Å². The Morgan fingerprint density at radius 1 is 1.55 bits per heavy atom. The first kappa shape index (κ1) is 8.07. The molecule has 11 heavy (non-hydrogen) atoms. The van der Waals surface area contributed by atoms with Crippen LogP contribution in [0.2, 0.25) is 0 Å². The second-order valence-electron chi connectivity index (χ2n) is 1.74. The molecule has 2 nitrogen and oxygen atoms in total. The number of pyridine rings is 1. The van der Waals surface area contributed by atoms with Gasteiger partial charge < -0.3 is 0 Å². The van der Waals surface area contributed by atoms with Crippen molar-refractivity contribution in [3.8, 4) is 0 Å². The summed E-state index contributed by atoms with van der Waals surface area (Å²) in [6.07, 6.45) is 0.966. The van der Waals surface area contributed by atoms with Crippen molar-refractivity contribution in [2.24, 2.45) is 0 Å². The average molecular weight is 178 g/mol. The van der Waals surface area contributed by atoms with Crippen molar-refractivity contribution < 1.29 is 13.6 Å². The number of carbonyl (C=O) groups excluding carboxylic acids is 1. The lowest BCUT2D eigenvalue weighted by atomic mass is 10.3. The van der Waals surface area contributed by atoms with Gasteiger partial charge in [0.1, 0.15) is 0 Å². The van der Waals surface area contributed by atoms with E-state index in [4.69, 9.17) is 11.6 Å². The van der Waals surface area contributed by atoms with Crippen LogP contribution in [0.4, 0.5) is 8.78 Å². The number of nitrogens with zero attached hydrogens (tertiary/aromatic N) is 1. The Balaban J connectivity index is 3.27. The third-order valence-corrected chi connectivity index (χ3v) is 1.26. The summed E-state index contributed by atoms with van der Waals surface area (Å²) in [6.45, 7) is 0. The standard InChI is InChI=1S/C6H2ClF2NO/c7-5(11)3-1-2-10-6(9)4(3)8/h1-2H. The lowest BCUT2D eigenvalue weighted by Crippen LogP contribution is -1.99. The van der Waals surface area contributed by atoms with Crippen LogP contribution in [0.25, 0.3) is 0 Å². The third-order valence-electron chi connectivity index (χ3n) is 1.06. The summed E-state index contributed by atoms with van der Waals surface area (Å²) in [6, 6.07) is 1.01. The van der Waals surface area contributed by atoms with Gasteiger partial charge >= 0.3 is 0 Å². The molecule has 0 radical (unpaired) electrons. The molecule has 0 spiro atoms. The molecule has 1 rings (SSSR count). The van der Waals surface area contributed by atoms with Gasteiger partial charge in [-0.25, -0.2) is 9.37 Å². The first-order valence-corrected chi connectivity index (χ1v) is 3.00. The lowest BCUT2D eigenvalue weighted by Gasteiger charge is -1.94. The summed E-state index contributed by atoms with van der Waals surface area (Å²) in [5.41, 5.74) is -0.501. The summed E-state index contributed by atoms with van der Waals surface area (Å²) in [5, 5.41) is -1.04. The summed E-state index contributed by atoms with van der Waals surface area (Å²) in [7, 11) is 0. The summed E-state index contributed by atoms with van der Waals surface area (Å²) >= 11 is 4.91. The van der Waals surface area contributed by atoms with Crippen LogP contribution in [-0.4, -0.2) is 10.2 Å². The molecule has 0 fully saturated rings. The van der Waals surface area contributed by atoms with E-state index >= 15 is 0 Å². The average Bonchev–Trinajstić information content (AvgIpc) is 1.94. The molecule has 1 heterocycles. The number of aromatic nitrogens is 1. The predicted molar refractivity (Wildman–Crippen MR) is 34.3 cm³/mol. The minimum Gasteiger partial charge on any atom is -0.275 e. The number of hydrogen-bond acceptors (Lipinski definition) is 2. The van der Waals surface area contributed by atoms with E-state index in [1.807, 2.05) is 0 Å². The fourth-order valence-corrected chi connectivity index (χ4v) is 0.716. The molecular formula is C6H2ClF2NO. The zero-order valence-electron chi connectivity index (χ0n) is 5.14. The molecule has 1 aromatic heterocycles. The maximum Gasteiger partial charge on any atom is 0.255 e. The molecule has 5 heteroatoms. The fraction of sp³-hybridized carbons (Fsp3) is 0. The van der Waals surface area contributed by atoms with Crippen LogP contribution in [0.3, 0.4) is 0 Å². The summed E-state index contributed by atoms with van der Waals surface area (Å²) < 4.78 is 24.8. The Morgan fingerprint density at radius 2 is 2.18 bits per heavy atom. The maximum absolute atomic E-state index is 12.5. The first-order chi connectivity index (χ1) is 5.13. The van der Waals surface area contributed by atoms with Gasteiger partial charge in [0.25, 0.3) is 5.24 Å². The molecule has 0 bridgehead atoms. The number of carbonyl (C=O) groups is 1. The van der Waals surface area contributed by atoms with Crippen molar-refractivity contribution in [3.05, 3.63) is 29.6 Å². The molecule has 0 amide bonds. The zero-order valence-corrected chi connectivity index (χ0v) is 5.90. The molecule has 0 unspecified atom stereocenters. The number of halogens is 3. The third kappa shape index (κ3) is 1.51. The number of rotatable bonds is 1. The molecular weight excluding hydrogens is 176 g/mol. The molecule has 58 valence electrons. The Kier molecular flexibility index (Phi) is 2.14. The molecule has 0 N–H and O–H groups in total. The van der Waals surface area contributed by atoms with Gasteiger partial charge in [0, 0.05) is 6.20 Å².